The second-order valence-electron chi connectivity index (χ2n) is 4.49. The summed E-state index contributed by atoms with van der Waals surface area (Å²) >= 11 is 0. The number of ether oxygens (including phenoxy) is 1. The number of hydrogen-bond acceptors (Lipinski definition) is 3. The van der Waals surface area contributed by atoms with E-state index in [9.17, 15) is 9.59 Å². The van der Waals surface area contributed by atoms with E-state index in [1.54, 1.807) is 14.1 Å². The third-order valence-corrected chi connectivity index (χ3v) is 2.73. The standard InChI is InChI=1S/C14H21NO3/c1-4-5-6-7-8-9-10-11(16)12-13(18-12)14(17)15(2)3/h4-5,7-8,12-13H,6,9-10H2,1-3H3/b5-4+,8-7+/t12-,13-/m1/s1. The summed E-state index contributed by atoms with van der Waals surface area (Å²) in [6, 6.07) is 0. The lowest BCUT2D eigenvalue weighted by molar-refractivity contribution is -0.130. The molecule has 1 saturated heterocycles. The van der Waals surface area contributed by atoms with Gasteiger partial charge >= 0.3 is 0 Å². The summed E-state index contributed by atoms with van der Waals surface area (Å²) in [5, 5.41) is 0. The number of nitrogens with zero attached hydrogens (tertiary/aromatic N) is 1. The van der Waals surface area contributed by atoms with Crippen LogP contribution in [0.2, 0.25) is 0 Å². The summed E-state index contributed by atoms with van der Waals surface area (Å²) in [6.07, 6.45) is 9.05. The van der Waals surface area contributed by atoms with Crippen LogP contribution in [0.4, 0.5) is 0 Å². The molecule has 0 spiro atoms. The Balaban J connectivity index is 2.20. The van der Waals surface area contributed by atoms with Gasteiger partial charge in [-0.2, -0.15) is 0 Å². The van der Waals surface area contributed by atoms with Crippen molar-refractivity contribution in [1.29, 1.82) is 0 Å². The Hall–Kier alpha value is -1.42. The molecule has 18 heavy (non-hydrogen) atoms. The highest BCUT2D eigenvalue weighted by molar-refractivity contribution is 5.95. The average molecular weight is 251 g/mol. The summed E-state index contributed by atoms with van der Waals surface area (Å²) in [6.45, 7) is 1.98. The maximum absolute atomic E-state index is 11.7. The molecule has 1 aliphatic heterocycles. The van der Waals surface area contributed by atoms with Crippen molar-refractivity contribution >= 4 is 11.7 Å². The van der Waals surface area contributed by atoms with E-state index in [1.807, 2.05) is 31.2 Å². The highest BCUT2D eigenvalue weighted by atomic mass is 16.6. The molecule has 0 saturated carbocycles. The van der Waals surface area contributed by atoms with Crippen LogP contribution in [0.15, 0.2) is 24.3 Å². The molecule has 0 bridgehead atoms. The van der Waals surface area contributed by atoms with Crippen LogP contribution in [0.3, 0.4) is 0 Å². The van der Waals surface area contributed by atoms with Crippen molar-refractivity contribution in [1.82, 2.24) is 4.90 Å². The quantitative estimate of drug-likeness (QED) is 0.511. The molecule has 1 aliphatic rings. The monoisotopic (exact) mass is 251 g/mol. The van der Waals surface area contributed by atoms with Crippen molar-refractivity contribution in [2.24, 2.45) is 0 Å². The molecule has 100 valence electrons. The van der Waals surface area contributed by atoms with Crippen molar-refractivity contribution in [3.63, 3.8) is 0 Å². The maximum atomic E-state index is 11.7. The van der Waals surface area contributed by atoms with Gasteiger partial charge in [-0.1, -0.05) is 24.3 Å². The van der Waals surface area contributed by atoms with Gasteiger partial charge in [-0.05, 0) is 19.8 Å². The molecule has 0 N–H and O–H groups in total. The van der Waals surface area contributed by atoms with Crippen molar-refractivity contribution in [3.8, 4) is 0 Å². The predicted octanol–water partition coefficient (Wildman–Crippen LogP) is 1.71. The van der Waals surface area contributed by atoms with E-state index in [1.165, 1.54) is 4.90 Å². The number of allylic oxidation sites excluding steroid dienone is 4. The summed E-state index contributed by atoms with van der Waals surface area (Å²) in [5.74, 6) is -0.108. The number of carbonyl (C=O) groups excluding carboxylic acids is 2. The summed E-state index contributed by atoms with van der Waals surface area (Å²) in [7, 11) is 3.32. The summed E-state index contributed by atoms with van der Waals surface area (Å²) < 4.78 is 5.12. The Bertz CT molecular complexity index is 358. The molecule has 4 heteroatoms. The molecule has 0 radical (unpaired) electrons. The number of ketones is 1. The first kappa shape index (κ1) is 14.6. The van der Waals surface area contributed by atoms with E-state index in [-0.39, 0.29) is 11.7 Å². The molecule has 0 aromatic heterocycles. The molecular weight excluding hydrogens is 230 g/mol. The zero-order chi connectivity index (χ0) is 13.5. The lowest BCUT2D eigenvalue weighted by Gasteiger charge is -2.06. The fraction of sp³-hybridized carbons (Fsp3) is 0.571. The van der Waals surface area contributed by atoms with Crippen LogP contribution in [-0.4, -0.2) is 42.9 Å². The minimum Gasteiger partial charge on any atom is -0.351 e. The van der Waals surface area contributed by atoms with Crippen molar-refractivity contribution < 1.29 is 14.3 Å². The molecule has 0 unspecified atom stereocenters. The number of hydrogen-bond donors (Lipinski definition) is 0. The van der Waals surface area contributed by atoms with E-state index in [4.69, 9.17) is 4.74 Å². The molecule has 4 nitrogen and oxygen atoms in total. The smallest absolute Gasteiger partial charge is 0.254 e. The molecule has 1 heterocycles. The van der Waals surface area contributed by atoms with Gasteiger partial charge in [-0.15, -0.1) is 0 Å². The van der Waals surface area contributed by atoms with Gasteiger partial charge in [0.2, 0.25) is 0 Å². The first-order valence-corrected chi connectivity index (χ1v) is 6.23. The fourth-order valence-electron chi connectivity index (χ4n) is 1.60. The lowest BCUT2D eigenvalue weighted by atomic mass is 10.1. The minimum atomic E-state index is -0.542. The van der Waals surface area contributed by atoms with Gasteiger partial charge in [-0.3, -0.25) is 9.59 Å². The number of Topliss-reactive ketones (excluding diaryl/α,β-unsaturated/α-hetero) is 1. The summed E-state index contributed by atoms with van der Waals surface area (Å²) in [4.78, 5) is 24.6. The maximum Gasteiger partial charge on any atom is 0.254 e. The van der Waals surface area contributed by atoms with Gasteiger partial charge in [-0.25, -0.2) is 0 Å². The Kier molecular flexibility index (Phi) is 5.78. The van der Waals surface area contributed by atoms with E-state index in [2.05, 4.69) is 0 Å². The molecule has 0 aromatic rings. The Labute approximate surface area is 108 Å². The van der Waals surface area contributed by atoms with E-state index < -0.39 is 12.2 Å². The van der Waals surface area contributed by atoms with Crippen LogP contribution in [-0.2, 0) is 14.3 Å². The Morgan fingerprint density at radius 1 is 1.17 bits per heavy atom. The zero-order valence-electron chi connectivity index (χ0n) is 11.3. The first-order valence-electron chi connectivity index (χ1n) is 6.23. The van der Waals surface area contributed by atoms with Crippen LogP contribution in [0.25, 0.3) is 0 Å². The molecular formula is C14H21NO3. The van der Waals surface area contributed by atoms with Crippen LogP contribution in [0.1, 0.15) is 26.2 Å². The third kappa shape index (κ3) is 4.45. The van der Waals surface area contributed by atoms with Crippen LogP contribution >= 0.6 is 0 Å². The number of epoxide rings is 1. The van der Waals surface area contributed by atoms with Gasteiger partial charge in [0.15, 0.2) is 18.0 Å². The second kappa shape index (κ2) is 7.11. The molecule has 1 amide bonds. The van der Waals surface area contributed by atoms with Gasteiger partial charge in [0.25, 0.3) is 5.91 Å². The van der Waals surface area contributed by atoms with Crippen molar-refractivity contribution in [2.75, 3.05) is 14.1 Å². The van der Waals surface area contributed by atoms with E-state index in [0.717, 1.165) is 6.42 Å². The SMILES string of the molecule is C/C=C/C/C=C/CCC(=O)[C@H]1O[C@H]1C(=O)N(C)C. The average Bonchev–Trinajstić information content (AvgIpc) is 3.12. The minimum absolute atomic E-state index is 0.0193. The van der Waals surface area contributed by atoms with Gasteiger partial charge in [0, 0.05) is 20.5 Å². The Morgan fingerprint density at radius 2 is 1.89 bits per heavy atom. The summed E-state index contributed by atoms with van der Waals surface area (Å²) in [5.41, 5.74) is 0. The normalized spacial score (nSPS) is 22.6. The molecule has 1 rings (SSSR count). The third-order valence-electron chi connectivity index (χ3n) is 2.73. The van der Waals surface area contributed by atoms with Crippen molar-refractivity contribution in [2.45, 2.75) is 38.4 Å². The largest absolute Gasteiger partial charge is 0.351 e. The second-order valence-corrected chi connectivity index (χ2v) is 4.49. The lowest BCUT2D eigenvalue weighted by Crippen LogP contribution is -2.29. The predicted molar refractivity (Wildman–Crippen MR) is 70.2 cm³/mol. The molecule has 2 atom stereocenters. The highest BCUT2D eigenvalue weighted by Crippen LogP contribution is 2.26. The van der Waals surface area contributed by atoms with Gasteiger partial charge in [0.1, 0.15) is 0 Å². The number of amides is 1. The number of carbonyl (C=O) groups is 2. The topological polar surface area (TPSA) is 49.9 Å². The van der Waals surface area contributed by atoms with Crippen molar-refractivity contribution in [3.05, 3.63) is 24.3 Å². The highest BCUT2D eigenvalue weighted by Gasteiger charge is 2.49. The van der Waals surface area contributed by atoms with E-state index in [0.29, 0.717) is 12.8 Å². The van der Waals surface area contributed by atoms with Gasteiger partial charge in [0.05, 0.1) is 0 Å². The number of rotatable bonds is 7. The molecule has 0 aromatic carbocycles. The fourth-order valence-corrected chi connectivity index (χ4v) is 1.60. The van der Waals surface area contributed by atoms with Gasteiger partial charge < -0.3 is 9.64 Å². The van der Waals surface area contributed by atoms with Crippen LogP contribution < -0.4 is 0 Å². The Morgan fingerprint density at radius 3 is 2.50 bits per heavy atom. The van der Waals surface area contributed by atoms with Crippen LogP contribution in [0, 0.1) is 0 Å². The number of likely N-dealkylation sites (N-methyl/N-ethyl adjacent to an activating group) is 1. The first-order chi connectivity index (χ1) is 8.57. The van der Waals surface area contributed by atoms with E-state index >= 15 is 0 Å². The molecule has 1 fully saturated rings. The molecule has 0 aliphatic carbocycles. The zero-order valence-corrected chi connectivity index (χ0v) is 11.3. The van der Waals surface area contributed by atoms with Crippen LogP contribution in [0.5, 0.6) is 0 Å².